The van der Waals surface area contributed by atoms with Crippen molar-refractivity contribution >= 4 is 55.7 Å². The second kappa shape index (κ2) is 7.07. The highest BCUT2D eigenvalue weighted by molar-refractivity contribution is 6.65. The van der Waals surface area contributed by atoms with Gasteiger partial charge in [-0.3, -0.25) is 0 Å². The first-order valence-electron chi connectivity index (χ1n) is 12.4. The molecular formula is C32H27BO2. The third-order valence-corrected chi connectivity index (χ3v) is 8.27. The Hall–Kier alpha value is -3.40. The Balaban J connectivity index is 1.48. The topological polar surface area (TPSA) is 18.5 Å². The van der Waals surface area contributed by atoms with Crippen LogP contribution in [-0.2, 0) is 9.31 Å². The summed E-state index contributed by atoms with van der Waals surface area (Å²) < 4.78 is 12.9. The average Bonchev–Trinajstić information content (AvgIpc) is 3.08. The van der Waals surface area contributed by atoms with Crippen molar-refractivity contribution in [3.8, 4) is 11.1 Å². The van der Waals surface area contributed by atoms with E-state index in [1.54, 1.807) is 0 Å². The third kappa shape index (κ3) is 2.98. The normalized spacial score (nSPS) is 17.3. The van der Waals surface area contributed by atoms with Gasteiger partial charge in [-0.2, -0.15) is 0 Å². The summed E-state index contributed by atoms with van der Waals surface area (Å²) in [5.41, 5.74) is 2.86. The van der Waals surface area contributed by atoms with E-state index in [4.69, 9.17) is 9.31 Å². The van der Waals surface area contributed by atoms with Crippen LogP contribution in [0, 0.1) is 0 Å². The number of hydrogen-bond donors (Lipinski definition) is 0. The average molecular weight is 454 g/mol. The van der Waals surface area contributed by atoms with E-state index in [9.17, 15) is 0 Å². The lowest BCUT2D eigenvalue weighted by Gasteiger charge is -2.32. The predicted octanol–water partition coefficient (Wildman–Crippen LogP) is 7.70. The van der Waals surface area contributed by atoms with Crippen molar-refractivity contribution in [1.29, 1.82) is 0 Å². The Bertz CT molecular complexity index is 1750. The molecule has 1 heterocycles. The largest absolute Gasteiger partial charge is 0.495 e. The van der Waals surface area contributed by atoms with Gasteiger partial charge >= 0.3 is 7.12 Å². The SMILES string of the molecule is CC1(C)OB(c2ccc3ccc4c(-c5ccc6ccccc6c5)ccc5ccc2c3c54)OC1(C)C. The van der Waals surface area contributed by atoms with Gasteiger partial charge in [-0.05, 0) is 93.4 Å². The van der Waals surface area contributed by atoms with Gasteiger partial charge in [0.1, 0.15) is 0 Å². The van der Waals surface area contributed by atoms with Crippen LogP contribution in [0.3, 0.4) is 0 Å². The van der Waals surface area contributed by atoms with Gasteiger partial charge < -0.3 is 9.31 Å². The summed E-state index contributed by atoms with van der Waals surface area (Å²) in [6.07, 6.45) is 0. The molecule has 0 spiro atoms. The van der Waals surface area contributed by atoms with Crippen LogP contribution >= 0.6 is 0 Å². The molecule has 1 aliphatic rings. The molecule has 1 saturated heterocycles. The molecule has 3 heteroatoms. The minimum Gasteiger partial charge on any atom is -0.399 e. The molecule has 0 radical (unpaired) electrons. The highest BCUT2D eigenvalue weighted by Crippen LogP contribution is 2.41. The van der Waals surface area contributed by atoms with Gasteiger partial charge in [0, 0.05) is 0 Å². The highest BCUT2D eigenvalue weighted by atomic mass is 16.7. The summed E-state index contributed by atoms with van der Waals surface area (Å²) >= 11 is 0. The Morgan fingerprint density at radius 2 is 1.11 bits per heavy atom. The fourth-order valence-electron chi connectivity index (χ4n) is 5.61. The standard InChI is InChI=1S/C32H27BO2/c1-31(2)32(3,4)35-33(34-31)28-18-14-22-12-16-26-25(15-11-21-13-17-27(28)30(22)29(21)26)24-10-9-20-7-5-6-8-23(20)19-24/h5-19H,1-4H3. The molecule has 7 rings (SSSR count). The van der Waals surface area contributed by atoms with Crippen molar-refractivity contribution in [1.82, 2.24) is 0 Å². The van der Waals surface area contributed by atoms with E-state index in [1.165, 1.54) is 54.2 Å². The molecule has 0 bridgehead atoms. The van der Waals surface area contributed by atoms with Gasteiger partial charge in [0.25, 0.3) is 0 Å². The zero-order valence-corrected chi connectivity index (χ0v) is 20.6. The fourth-order valence-corrected chi connectivity index (χ4v) is 5.61. The number of rotatable bonds is 2. The summed E-state index contributed by atoms with van der Waals surface area (Å²) in [5.74, 6) is 0. The second-order valence-electron chi connectivity index (χ2n) is 10.8. The molecule has 1 fully saturated rings. The van der Waals surface area contributed by atoms with Gasteiger partial charge in [0.2, 0.25) is 0 Å². The van der Waals surface area contributed by atoms with Crippen LogP contribution in [0.2, 0.25) is 0 Å². The summed E-state index contributed by atoms with van der Waals surface area (Å²) in [7, 11) is -0.385. The van der Waals surface area contributed by atoms with Crippen LogP contribution in [0.15, 0.2) is 91.0 Å². The molecule has 35 heavy (non-hydrogen) atoms. The Labute approximate surface area is 205 Å². The summed E-state index contributed by atoms with van der Waals surface area (Å²) in [6.45, 7) is 8.44. The molecule has 0 aromatic heterocycles. The van der Waals surface area contributed by atoms with Gasteiger partial charge in [-0.15, -0.1) is 0 Å². The van der Waals surface area contributed by atoms with Gasteiger partial charge in [0.05, 0.1) is 11.2 Å². The Morgan fingerprint density at radius 1 is 0.543 bits per heavy atom. The van der Waals surface area contributed by atoms with Crippen LogP contribution in [0.25, 0.3) is 54.2 Å². The van der Waals surface area contributed by atoms with Crippen molar-refractivity contribution < 1.29 is 9.31 Å². The maximum Gasteiger partial charge on any atom is 0.495 e. The first-order chi connectivity index (χ1) is 16.8. The molecule has 0 aliphatic carbocycles. The minimum atomic E-state index is -0.385. The zero-order valence-electron chi connectivity index (χ0n) is 20.6. The number of fused-ring (bicyclic) bond motifs is 1. The van der Waals surface area contributed by atoms with Crippen LogP contribution in [-0.4, -0.2) is 18.3 Å². The predicted molar refractivity (Wildman–Crippen MR) is 149 cm³/mol. The van der Waals surface area contributed by atoms with Gasteiger partial charge in [-0.25, -0.2) is 0 Å². The highest BCUT2D eigenvalue weighted by Gasteiger charge is 2.52. The fraction of sp³-hybridized carbons (Fsp3) is 0.188. The van der Waals surface area contributed by atoms with Gasteiger partial charge in [-0.1, -0.05) is 84.9 Å². The molecule has 0 amide bonds. The van der Waals surface area contributed by atoms with Crippen LogP contribution in [0.5, 0.6) is 0 Å². The van der Waals surface area contributed by atoms with Crippen LogP contribution in [0.4, 0.5) is 0 Å². The van der Waals surface area contributed by atoms with Crippen molar-refractivity contribution in [3.63, 3.8) is 0 Å². The molecular weight excluding hydrogens is 427 g/mol. The lowest BCUT2D eigenvalue weighted by atomic mass is 9.74. The molecule has 0 unspecified atom stereocenters. The summed E-state index contributed by atoms with van der Waals surface area (Å²) in [5, 5.41) is 10.1. The molecule has 1 aliphatic heterocycles. The third-order valence-electron chi connectivity index (χ3n) is 8.27. The Morgan fingerprint density at radius 3 is 1.86 bits per heavy atom. The summed E-state index contributed by atoms with van der Waals surface area (Å²) in [6, 6.07) is 33.2. The van der Waals surface area contributed by atoms with Crippen molar-refractivity contribution in [2.24, 2.45) is 0 Å². The molecule has 0 saturated carbocycles. The molecule has 170 valence electrons. The first-order valence-corrected chi connectivity index (χ1v) is 12.4. The lowest BCUT2D eigenvalue weighted by Crippen LogP contribution is -2.41. The quantitative estimate of drug-likeness (QED) is 0.197. The molecule has 6 aromatic carbocycles. The smallest absolute Gasteiger partial charge is 0.399 e. The van der Waals surface area contributed by atoms with E-state index in [1.807, 2.05) is 0 Å². The molecule has 0 N–H and O–H groups in total. The monoisotopic (exact) mass is 454 g/mol. The van der Waals surface area contributed by atoms with E-state index >= 15 is 0 Å². The van der Waals surface area contributed by atoms with Crippen molar-refractivity contribution in [2.45, 2.75) is 38.9 Å². The van der Waals surface area contributed by atoms with Crippen molar-refractivity contribution in [2.75, 3.05) is 0 Å². The van der Waals surface area contributed by atoms with Gasteiger partial charge in [0.15, 0.2) is 0 Å². The molecule has 0 atom stereocenters. The number of benzene rings is 6. The maximum atomic E-state index is 6.45. The van der Waals surface area contributed by atoms with E-state index in [0.717, 1.165) is 5.46 Å². The van der Waals surface area contributed by atoms with E-state index in [-0.39, 0.29) is 18.3 Å². The zero-order chi connectivity index (χ0) is 23.9. The van der Waals surface area contributed by atoms with E-state index < -0.39 is 0 Å². The maximum absolute atomic E-state index is 6.45. The second-order valence-corrected chi connectivity index (χ2v) is 10.8. The summed E-state index contributed by atoms with van der Waals surface area (Å²) in [4.78, 5) is 0. The lowest BCUT2D eigenvalue weighted by molar-refractivity contribution is 0.00578. The van der Waals surface area contributed by atoms with Crippen LogP contribution < -0.4 is 5.46 Å². The minimum absolute atomic E-state index is 0.370. The van der Waals surface area contributed by atoms with E-state index in [0.29, 0.717) is 0 Å². The molecule has 2 nitrogen and oxygen atoms in total. The first kappa shape index (κ1) is 20.9. The molecule has 6 aromatic rings. The van der Waals surface area contributed by atoms with Crippen molar-refractivity contribution in [3.05, 3.63) is 91.0 Å². The van der Waals surface area contributed by atoms with E-state index in [2.05, 4.69) is 119 Å². The Kier molecular flexibility index (Phi) is 4.23. The van der Waals surface area contributed by atoms with Crippen LogP contribution in [0.1, 0.15) is 27.7 Å². The number of hydrogen-bond acceptors (Lipinski definition) is 2.